The number of hydrogen-bond acceptors (Lipinski definition) is 5. The molecule has 1 N–H and O–H groups in total. The molecule has 0 spiro atoms. The summed E-state index contributed by atoms with van der Waals surface area (Å²) in [6.07, 6.45) is 3.35. The standard InChI is InChI=1S/C24H26N4O/c1-18-15-23(28-13-5-6-14-28)27-24(25-18)26-21-11-9-20(10-12-21)17-22(29)16-19-7-3-2-4-8-19/h2-4,7-12,15H,5-6,13-14,16-17H2,1H3,(H,25,26,27). The average Bonchev–Trinajstić information content (AvgIpc) is 3.25. The summed E-state index contributed by atoms with van der Waals surface area (Å²) in [6.45, 7) is 4.11. The molecule has 1 aromatic heterocycles. The number of Topliss-reactive ketones (excluding diaryl/α,β-unsaturated/α-hetero) is 1. The summed E-state index contributed by atoms with van der Waals surface area (Å²) in [6, 6.07) is 19.8. The van der Waals surface area contributed by atoms with Crippen LogP contribution in [0.25, 0.3) is 0 Å². The van der Waals surface area contributed by atoms with E-state index in [-0.39, 0.29) is 5.78 Å². The highest BCUT2D eigenvalue weighted by molar-refractivity contribution is 5.83. The Morgan fingerprint density at radius 1 is 0.931 bits per heavy atom. The highest BCUT2D eigenvalue weighted by Gasteiger charge is 2.15. The van der Waals surface area contributed by atoms with Gasteiger partial charge in [-0.25, -0.2) is 4.98 Å². The summed E-state index contributed by atoms with van der Waals surface area (Å²) in [5.74, 6) is 1.81. The number of benzene rings is 2. The van der Waals surface area contributed by atoms with Gasteiger partial charge in [0.2, 0.25) is 5.95 Å². The number of hydrogen-bond donors (Lipinski definition) is 1. The number of aryl methyl sites for hydroxylation is 1. The van der Waals surface area contributed by atoms with Crippen LogP contribution >= 0.6 is 0 Å². The van der Waals surface area contributed by atoms with Crippen molar-refractivity contribution in [2.75, 3.05) is 23.3 Å². The van der Waals surface area contributed by atoms with Gasteiger partial charge in [-0.1, -0.05) is 42.5 Å². The largest absolute Gasteiger partial charge is 0.356 e. The molecular formula is C24H26N4O. The molecular weight excluding hydrogens is 360 g/mol. The Balaban J connectivity index is 1.39. The fourth-order valence-electron chi connectivity index (χ4n) is 3.66. The maximum absolute atomic E-state index is 12.3. The van der Waals surface area contributed by atoms with Crippen molar-refractivity contribution in [3.05, 3.63) is 77.5 Å². The van der Waals surface area contributed by atoms with E-state index in [9.17, 15) is 4.79 Å². The lowest BCUT2D eigenvalue weighted by Gasteiger charge is -2.17. The van der Waals surface area contributed by atoms with Gasteiger partial charge in [-0.15, -0.1) is 0 Å². The molecule has 1 fully saturated rings. The van der Waals surface area contributed by atoms with Gasteiger partial charge in [0.15, 0.2) is 0 Å². The second-order valence-electron chi connectivity index (χ2n) is 7.59. The minimum absolute atomic E-state index is 0.217. The molecule has 0 unspecified atom stereocenters. The summed E-state index contributed by atoms with van der Waals surface area (Å²) in [5.41, 5.74) is 3.94. The summed E-state index contributed by atoms with van der Waals surface area (Å²) < 4.78 is 0. The summed E-state index contributed by atoms with van der Waals surface area (Å²) in [7, 11) is 0. The van der Waals surface area contributed by atoms with Crippen LogP contribution in [0.1, 0.15) is 29.7 Å². The van der Waals surface area contributed by atoms with Gasteiger partial charge in [-0.2, -0.15) is 4.98 Å². The van der Waals surface area contributed by atoms with Crippen LogP contribution in [0.15, 0.2) is 60.7 Å². The van der Waals surface area contributed by atoms with E-state index in [0.717, 1.165) is 41.4 Å². The second-order valence-corrected chi connectivity index (χ2v) is 7.59. The number of rotatable bonds is 7. The van der Waals surface area contributed by atoms with Gasteiger partial charge in [-0.05, 0) is 43.0 Å². The first-order chi connectivity index (χ1) is 14.2. The zero-order valence-corrected chi connectivity index (χ0v) is 16.8. The van der Waals surface area contributed by atoms with Crippen molar-refractivity contribution in [2.45, 2.75) is 32.6 Å². The van der Waals surface area contributed by atoms with Crippen molar-refractivity contribution < 1.29 is 4.79 Å². The summed E-state index contributed by atoms with van der Waals surface area (Å²) in [5, 5.41) is 3.30. The Hall–Kier alpha value is -3.21. The van der Waals surface area contributed by atoms with E-state index in [2.05, 4.69) is 20.2 Å². The van der Waals surface area contributed by atoms with Crippen LogP contribution in [0.2, 0.25) is 0 Å². The van der Waals surface area contributed by atoms with E-state index in [4.69, 9.17) is 0 Å². The van der Waals surface area contributed by atoms with Crippen molar-refractivity contribution in [1.82, 2.24) is 9.97 Å². The van der Waals surface area contributed by atoms with Crippen molar-refractivity contribution >= 4 is 23.2 Å². The van der Waals surface area contributed by atoms with E-state index >= 15 is 0 Å². The van der Waals surface area contributed by atoms with Crippen LogP contribution in [0.4, 0.5) is 17.5 Å². The lowest BCUT2D eigenvalue weighted by atomic mass is 10.0. The zero-order valence-electron chi connectivity index (χ0n) is 16.8. The molecule has 3 aromatic rings. The van der Waals surface area contributed by atoms with Crippen molar-refractivity contribution in [1.29, 1.82) is 0 Å². The number of aromatic nitrogens is 2. The van der Waals surface area contributed by atoms with Crippen LogP contribution in [0.3, 0.4) is 0 Å². The van der Waals surface area contributed by atoms with Crippen LogP contribution in [-0.2, 0) is 17.6 Å². The van der Waals surface area contributed by atoms with Gasteiger partial charge < -0.3 is 10.2 Å². The molecule has 0 amide bonds. The zero-order chi connectivity index (χ0) is 20.1. The Labute approximate surface area is 171 Å². The van der Waals surface area contributed by atoms with E-state index in [1.165, 1.54) is 12.8 Å². The lowest BCUT2D eigenvalue weighted by Crippen LogP contribution is -2.19. The minimum Gasteiger partial charge on any atom is -0.356 e. The third-order valence-electron chi connectivity index (χ3n) is 5.13. The van der Waals surface area contributed by atoms with Crippen LogP contribution < -0.4 is 10.2 Å². The Morgan fingerprint density at radius 2 is 1.59 bits per heavy atom. The predicted molar refractivity (Wildman–Crippen MR) is 117 cm³/mol. The van der Waals surface area contributed by atoms with Gasteiger partial charge in [0.05, 0.1) is 0 Å². The predicted octanol–water partition coefficient (Wildman–Crippen LogP) is 4.48. The molecule has 0 radical (unpaired) electrons. The first-order valence-electron chi connectivity index (χ1n) is 10.2. The molecule has 0 aliphatic carbocycles. The first-order valence-corrected chi connectivity index (χ1v) is 10.2. The molecule has 2 heterocycles. The number of carbonyl (C=O) groups is 1. The molecule has 2 aromatic carbocycles. The van der Waals surface area contributed by atoms with Gasteiger partial charge in [0, 0.05) is 43.4 Å². The highest BCUT2D eigenvalue weighted by Crippen LogP contribution is 2.22. The van der Waals surface area contributed by atoms with E-state index < -0.39 is 0 Å². The number of nitrogens with one attached hydrogen (secondary N) is 1. The third-order valence-corrected chi connectivity index (χ3v) is 5.13. The van der Waals surface area contributed by atoms with E-state index in [1.807, 2.05) is 67.6 Å². The SMILES string of the molecule is Cc1cc(N2CCCC2)nc(Nc2ccc(CC(=O)Cc3ccccc3)cc2)n1. The third kappa shape index (κ3) is 5.19. The molecule has 1 saturated heterocycles. The van der Waals surface area contributed by atoms with Gasteiger partial charge in [-0.3, -0.25) is 4.79 Å². The fraction of sp³-hybridized carbons (Fsp3) is 0.292. The second kappa shape index (κ2) is 8.86. The normalized spacial score (nSPS) is 13.5. The Morgan fingerprint density at radius 3 is 2.28 bits per heavy atom. The molecule has 148 valence electrons. The molecule has 1 aliphatic heterocycles. The Kier molecular flexibility index (Phi) is 5.84. The molecule has 1 aliphatic rings. The van der Waals surface area contributed by atoms with E-state index in [1.54, 1.807) is 0 Å². The van der Waals surface area contributed by atoms with Gasteiger partial charge in [0.1, 0.15) is 11.6 Å². The van der Waals surface area contributed by atoms with Crippen molar-refractivity contribution in [2.24, 2.45) is 0 Å². The molecule has 5 heteroatoms. The van der Waals surface area contributed by atoms with Crippen LogP contribution in [0, 0.1) is 6.92 Å². The maximum atomic E-state index is 12.3. The monoisotopic (exact) mass is 386 g/mol. The van der Waals surface area contributed by atoms with E-state index in [0.29, 0.717) is 18.8 Å². The lowest BCUT2D eigenvalue weighted by molar-refractivity contribution is -0.117. The summed E-state index contributed by atoms with van der Waals surface area (Å²) >= 11 is 0. The number of anilines is 3. The minimum atomic E-state index is 0.217. The molecule has 4 rings (SSSR count). The van der Waals surface area contributed by atoms with Crippen LogP contribution in [0.5, 0.6) is 0 Å². The molecule has 5 nitrogen and oxygen atoms in total. The van der Waals surface area contributed by atoms with Crippen LogP contribution in [-0.4, -0.2) is 28.8 Å². The number of nitrogens with zero attached hydrogens (tertiary/aromatic N) is 3. The number of ketones is 1. The smallest absolute Gasteiger partial charge is 0.229 e. The fourth-order valence-corrected chi connectivity index (χ4v) is 3.66. The van der Waals surface area contributed by atoms with Crippen molar-refractivity contribution in [3.8, 4) is 0 Å². The quantitative estimate of drug-likeness (QED) is 0.649. The molecule has 0 bridgehead atoms. The maximum Gasteiger partial charge on any atom is 0.229 e. The van der Waals surface area contributed by atoms with Gasteiger partial charge in [0.25, 0.3) is 0 Å². The molecule has 29 heavy (non-hydrogen) atoms. The summed E-state index contributed by atoms with van der Waals surface area (Å²) in [4.78, 5) is 23.8. The first kappa shape index (κ1) is 19.1. The molecule has 0 atom stereocenters. The topological polar surface area (TPSA) is 58.1 Å². The number of carbonyl (C=O) groups excluding carboxylic acids is 1. The Bertz CT molecular complexity index is 964. The molecule has 0 saturated carbocycles. The highest BCUT2D eigenvalue weighted by atomic mass is 16.1. The average molecular weight is 386 g/mol. The van der Waals surface area contributed by atoms with Gasteiger partial charge >= 0.3 is 0 Å². The van der Waals surface area contributed by atoms with Crippen molar-refractivity contribution in [3.63, 3.8) is 0 Å².